The van der Waals surface area contributed by atoms with Crippen LogP contribution in [0, 0.1) is 11.8 Å². The molecule has 2 aromatic rings. The van der Waals surface area contributed by atoms with Gasteiger partial charge in [-0.3, -0.25) is 28.9 Å². The number of ether oxygens (including phenoxy) is 7. The molecule has 0 aliphatic carbocycles. The van der Waals surface area contributed by atoms with Gasteiger partial charge in [0, 0.05) is 62.2 Å². The molecule has 16 heteroatoms. The highest BCUT2D eigenvalue weighted by Crippen LogP contribution is 2.26. The molecule has 0 fully saturated rings. The second-order valence-corrected chi connectivity index (χ2v) is 12.8. The van der Waals surface area contributed by atoms with Gasteiger partial charge >= 0.3 is 0 Å². The molecule has 16 nitrogen and oxygen atoms in total. The standard InChI is InChI=1S/C42H54N4O12/c47-38(11-12-42(51)46-33-36-7-2-1-5-34(36)9-10-35-6-3-4-8-37(35)46)43-16-19-52-21-23-54-25-27-56-29-31-58-32-30-57-28-26-55-24-22-53-20-17-44-39(48)15-18-45-40(49)13-14-41(45)50/h1-8,13-14H,11-12,15-33H2,(H,43,47)(H,44,48). The first-order valence-corrected chi connectivity index (χ1v) is 19.5. The van der Waals surface area contributed by atoms with Gasteiger partial charge in [0.1, 0.15) is 0 Å². The van der Waals surface area contributed by atoms with Crippen molar-refractivity contribution in [3.63, 3.8) is 0 Å². The fourth-order valence-corrected chi connectivity index (χ4v) is 5.55. The van der Waals surface area contributed by atoms with Crippen LogP contribution in [0.1, 0.15) is 36.0 Å². The summed E-state index contributed by atoms with van der Waals surface area (Å²) in [7, 11) is 0. The van der Waals surface area contributed by atoms with Gasteiger partial charge in [0.25, 0.3) is 11.8 Å². The van der Waals surface area contributed by atoms with Crippen molar-refractivity contribution in [3.8, 4) is 11.8 Å². The summed E-state index contributed by atoms with van der Waals surface area (Å²) in [6.45, 7) is 6.72. The molecule has 2 heterocycles. The van der Waals surface area contributed by atoms with Crippen molar-refractivity contribution in [2.24, 2.45) is 0 Å². The first-order chi connectivity index (χ1) is 28.4. The van der Waals surface area contributed by atoms with E-state index in [1.54, 1.807) is 4.90 Å². The van der Waals surface area contributed by atoms with E-state index in [1.807, 2.05) is 48.5 Å². The number of amides is 5. The highest BCUT2D eigenvalue weighted by Gasteiger charge is 2.24. The zero-order valence-electron chi connectivity index (χ0n) is 32.9. The smallest absolute Gasteiger partial charge is 0.253 e. The molecule has 0 saturated heterocycles. The van der Waals surface area contributed by atoms with Gasteiger partial charge in [-0.1, -0.05) is 42.2 Å². The second-order valence-electron chi connectivity index (χ2n) is 12.8. The topological polar surface area (TPSA) is 181 Å². The number of imide groups is 1. The van der Waals surface area contributed by atoms with Crippen LogP contribution in [0.5, 0.6) is 0 Å². The minimum atomic E-state index is -0.404. The number of carbonyl (C=O) groups is 5. The van der Waals surface area contributed by atoms with Crippen LogP contribution in [0.2, 0.25) is 0 Å². The van der Waals surface area contributed by atoms with Gasteiger partial charge in [-0.2, -0.15) is 0 Å². The van der Waals surface area contributed by atoms with E-state index in [0.29, 0.717) is 112 Å². The summed E-state index contributed by atoms with van der Waals surface area (Å²) in [4.78, 5) is 63.2. The van der Waals surface area contributed by atoms with Crippen LogP contribution in [0.15, 0.2) is 60.7 Å². The predicted molar refractivity (Wildman–Crippen MR) is 212 cm³/mol. The van der Waals surface area contributed by atoms with Crippen molar-refractivity contribution >= 4 is 35.2 Å². The number of fused-ring (bicyclic) bond motifs is 2. The minimum Gasteiger partial charge on any atom is -0.377 e. The van der Waals surface area contributed by atoms with E-state index in [4.69, 9.17) is 33.2 Å². The average molecular weight is 807 g/mol. The average Bonchev–Trinajstić information content (AvgIpc) is 3.55. The maximum atomic E-state index is 13.3. The van der Waals surface area contributed by atoms with Gasteiger partial charge in [0.15, 0.2) is 0 Å². The lowest BCUT2D eigenvalue weighted by Crippen LogP contribution is -2.35. The lowest BCUT2D eigenvalue weighted by molar-refractivity contribution is -0.137. The number of anilines is 1. The minimum absolute atomic E-state index is 0.0430. The molecule has 2 aliphatic heterocycles. The third-order valence-corrected chi connectivity index (χ3v) is 8.57. The number of hydrogen-bond donors (Lipinski definition) is 2. The van der Waals surface area contributed by atoms with Crippen LogP contribution >= 0.6 is 0 Å². The van der Waals surface area contributed by atoms with Crippen molar-refractivity contribution in [2.75, 3.05) is 117 Å². The predicted octanol–water partition coefficient (Wildman–Crippen LogP) is 1.38. The molecule has 5 amide bonds. The van der Waals surface area contributed by atoms with E-state index in [-0.39, 0.29) is 43.5 Å². The highest BCUT2D eigenvalue weighted by atomic mass is 16.6. The third-order valence-electron chi connectivity index (χ3n) is 8.57. The Labute approximate surface area is 339 Å². The highest BCUT2D eigenvalue weighted by molar-refractivity contribution is 6.13. The van der Waals surface area contributed by atoms with Crippen molar-refractivity contribution in [2.45, 2.75) is 25.8 Å². The van der Waals surface area contributed by atoms with Gasteiger partial charge in [-0.05, 0) is 23.8 Å². The van der Waals surface area contributed by atoms with Crippen LogP contribution < -0.4 is 15.5 Å². The molecule has 0 saturated carbocycles. The number of para-hydroxylation sites is 1. The maximum Gasteiger partial charge on any atom is 0.253 e. The van der Waals surface area contributed by atoms with Crippen LogP contribution in [-0.2, 0) is 63.7 Å². The molecule has 4 rings (SSSR count). The van der Waals surface area contributed by atoms with Gasteiger partial charge in [-0.15, -0.1) is 0 Å². The molecular weight excluding hydrogens is 752 g/mol. The number of nitrogens with zero attached hydrogens (tertiary/aromatic N) is 2. The number of rotatable bonds is 30. The van der Waals surface area contributed by atoms with Crippen LogP contribution in [-0.4, -0.2) is 147 Å². The van der Waals surface area contributed by atoms with Gasteiger partial charge in [0.2, 0.25) is 17.7 Å². The molecule has 0 radical (unpaired) electrons. The molecule has 314 valence electrons. The Kier molecular flexibility index (Phi) is 21.8. The lowest BCUT2D eigenvalue weighted by atomic mass is 10.0. The van der Waals surface area contributed by atoms with E-state index < -0.39 is 11.8 Å². The first-order valence-electron chi connectivity index (χ1n) is 19.5. The first kappa shape index (κ1) is 45.7. The van der Waals surface area contributed by atoms with Crippen LogP contribution in [0.4, 0.5) is 5.69 Å². The Hall–Kier alpha value is -4.99. The van der Waals surface area contributed by atoms with Gasteiger partial charge in [-0.25, -0.2) is 0 Å². The van der Waals surface area contributed by atoms with Crippen molar-refractivity contribution in [1.82, 2.24) is 15.5 Å². The Morgan fingerprint density at radius 2 is 0.966 bits per heavy atom. The van der Waals surface area contributed by atoms with E-state index >= 15 is 0 Å². The van der Waals surface area contributed by atoms with Crippen molar-refractivity contribution in [3.05, 3.63) is 77.4 Å². The maximum absolute atomic E-state index is 13.3. The van der Waals surface area contributed by atoms with E-state index in [1.165, 1.54) is 12.2 Å². The molecule has 0 unspecified atom stereocenters. The van der Waals surface area contributed by atoms with Gasteiger partial charge in [0.05, 0.1) is 105 Å². The molecular formula is C42H54N4O12. The van der Waals surface area contributed by atoms with Crippen molar-refractivity contribution < 1.29 is 57.1 Å². The second kappa shape index (κ2) is 27.6. The zero-order chi connectivity index (χ0) is 41.0. The number of carbonyl (C=O) groups excluding carboxylic acids is 5. The van der Waals surface area contributed by atoms with E-state index in [9.17, 15) is 24.0 Å². The zero-order valence-corrected chi connectivity index (χ0v) is 32.9. The SMILES string of the molecule is O=C(CCC(=O)N1Cc2ccccc2C#Cc2ccccc21)NCCOCCOCCOCCOCCOCCOCCOCCNC(=O)CCN1C(=O)C=CC1=O. The number of benzene rings is 2. The molecule has 0 spiro atoms. The monoisotopic (exact) mass is 806 g/mol. The van der Waals surface area contributed by atoms with Crippen LogP contribution in [0.3, 0.4) is 0 Å². The molecule has 2 aromatic carbocycles. The molecule has 0 aromatic heterocycles. The summed E-state index contributed by atoms with van der Waals surface area (Å²) >= 11 is 0. The summed E-state index contributed by atoms with van der Waals surface area (Å²) < 4.78 is 38.3. The fraction of sp³-hybridized carbons (Fsp3) is 0.500. The summed E-state index contributed by atoms with van der Waals surface area (Å²) in [6, 6.07) is 15.3. The molecule has 2 aliphatic rings. The quantitative estimate of drug-likeness (QED) is 0.0659. The Morgan fingerprint density at radius 1 is 0.534 bits per heavy atom. The number of nitrogens with one attached hydrogen (secondary N) is 2. The Morgan fingerprint density at radius 3 is 1.50 bits per heavy atom. The largest absolute Gasteiger partial charge is 0.377 e. The van der Waals surface area contributed by atoms with Crippen LogP contribution in [0.25, 0.3) is 0 Å². The summed E-state index contributed by atoms with van der Waals surface area (Å²) in [6.07, 6.45) is 2.57. The molecule has 0 atom stereocenters. The fourth-order valence-electron chi connectivity index (χ4n) is 5.55. The molecule has 0 bridgehead atoms. The Bertz CT molecular complexity index is 1690. The summed E-state index contributed by atoms with van der Waals surface area (Å²) in [5.74, 6) is 4.97. The van der Waals surface area contributed by atoms with E-state index in [0.717, 1.165) is 27.3 Å². The molecule has 2 N–H and O–H groups in total. The Balaban J connectivity index is 0.850. The third kappa shape index (κ3) is 17.7. The van der Waals surface area contributed by atoms with Gasteiger partial charge < -0.3 is 48.7 Å². The summed E-state index contributed by atoms with van der Waals surface area (Å²) in [5.41, 5.74) is 3.38. The molecule has 58 heavy (non-hydrogen) atoms. The number of hydrogen-bond acceptors (Lipinski definition) is 12. The summed E-state index contributed by atoms with van der Waals surface area (Å²) in [5, 5.41) is 5.48. The van der Waals surface area contributed by atoms with E-state index in [2.05, 4.69) is 22.5 Å². The normalized spacial score (nSPS) is 13.0. The van der Waals surface area contributed by atoms with Crippen molar-refractivity contribution in [1.29, 1.82) is 0 Å². The lowest BCUT2D eigenvalue weighted by Gasteiger charge is -2.26.